The van der Waals surface area contributed by atoms with Crippen LogP contribution in [0.1, 0.15) is 34.2 Å². The fraction of sp³-hybridized carbons (Fsp3) is 0.238. The van der Waals surface area contributed by atoms with E-state index < -0.39 is 0 Å². The molecule has 3 heterocycles. The van der Waals surface area contributed by atoms with Crippen LogP contribution >= 0.6 is 11.3 Å². The molecule has 1 amide bonds. The number of pyridine rings is 1. The normalized spacial score (nSPS) is 11.1. The molecule has 7 heteroatoms. The maximum Gasteiger partial charge on any atom is 0.259 e. The summed E-state index contributed by atoms with van der Waals surface area (Å²) in [4.78, 5) is 21.9. The molecular formula is C21H21N5OS. The molecule has 0 aliphatic heterocycles. The zero-order valence-corrected chi connectivity index (χ0v) is 17.1. The quantitative estimate of drug-likeness (QED) is 0.555. The second-order valence-electron chi connectivity index (χ2n) is 6.74. The number of nitrogens with one attached hydrogen (secondary N) is 1. The molecule has 0 atom stereocenters. The Labute approximate surface area is 167 Å². The molecule has 4 aromatic rings. The van der Waals surface area contributed by atoms with Gasteiger partial charge in [0.2, 0.25) is 0 Å². The van der Waals surface area contributed by atoms with Gasteiger partial charge in [0.15, 0.2) is 10.8 Å². The molecule has 0 aliphatic carbocycles. The van der Waals surface area contributed by atoms with Gasteiger partial charge in [-0.1, -0.05) is 31.2 Å². The highest BCUT2D eigenvalue weighted by molar-refractivity contribution is 7.14. The Bertz CT molecular complexity index is 1170. The third-order valence-electron chi connectivity index (χ3n) is 4.82. The van der Waals surface area contributed by atoms with Gasteiger partial charge in [0.05, 0.1) is 22.6 Å². The molecule has 4 rings (SSSR count). The summed E-state index contributed by atoms with van der Waals surface area (Å²) in [6.45, 7) is 5.88. The van der Waals surface area contributed by atoms with Crippen molar-refractivity contribution in [1.82, 2.24) is 19.7 Å². The van der Waals surface area contributed by atoms with E-state index in [1.165, 1.54) is 16.9 Å². The first-order chi connectivity index (χ1) is 13.5. The Morgan fingerprint density at radius 1 is 1.14 bits per heavy atom. The standard InChI is InChI=1S/C21H21N5OS/c1-5-14-6-8-15(9-7-14)18-11-28-21(23-18)24-20(27)17-10-16-13(3)25-26(4)19(16)22-12(17)2/h6-11H,5H2,1-4H3,(H,23,24,27). The largest absolute Gasteiger partial charge is 0.298 e. The maximum absolute atomic E-state index is 12.8. The minimum atomic E-state index is -0.211. The lowest BCUT2D eigenvalue weighted by molar-refractivity contribution is 0.102. The third-order valence-corrected chi connectivity index (χ3v) is 5.57. The van der Waals surface area contributed by atoms with E-state index in [9.17, 15) is 4.79 Å². The van der Waals surface area contributed by atoms with Crippen molar-refractivity contribution in [3.8, 4) is 11.3 Å². The first-order valence-electron chi connectivity index (χ1n) is 9.13. The Balaban J connectivity index is 1.59. The van der Waals surface area contributed by atoms with Crippen LogP contribution < -0.4 is 5.32 Å². The summed E-state index contributed by atoms with van der Waals surface area (Å²) >= 11 is 1.41. The molecule has 1 aromatic carbocycles. The van der Waals surface area contributed by atoms with Gasteiger partial charge >= 0.3 is 0 Å². The molecule has 3 aromatic heterocycles. The SMILES string of the molecule is CCc1ccc(-c2csc(NC(=O)c3cc4c(C)nn(C)c4nc3C)n2)cc1. The Kier molecular flexibility index (Phi) is 4.68. The van der Waals surface area contributed by atoms with Gasteiger partial charge < -0.3 is 0 Å². The van der Waals surface area contributed by atoms with E-state index in [1.807, 2.05) is 32.3 Å². The molecule has 1 N–H and O–H groups in total. The van der Waals surface area contributed by atoms with Crippen molar-refractivity contribution in [3.05, 3.63) is 58.2 Å². The number of aromatic nitrogens is 4. The highest BCUT2D eigenvalue weighted by Crippen LogP contribution is 2.26. The van der Waals surface area contributed by atoms with Gasteiger partial charge in [0, 0.05) is 23.4 Å². The maximum atomic E-state index is 12.8. The summed E-state index contributed by atoms with van der Waals surface area (Å²) < 4.78 is 1.73. The summed E-state index contributed by atoms with van der Waals surface area (Å²) in [5, 5.41) is 10.7. The summed E-state index contributed by atoms with van der Waals surface area (Å²) in [7, 11) is 1.85. The van der Waals surface area contributed by atoms with Gasteiger partial charge in [-0.15, -0.1) is 11.3 Å². The lowest BCUT2D eigenvalue weighted by atomic mass is 10.1. The lowest BCUT2D eigenvalue weighted by Crippen LogP contribution is -2.14. The van der Waals surface area contributed by atoms with E-state index in [1.54, 1.807) is 4.68 Å². The third kappa shape index (κ3) is 3.29. The number of carbonyl (C=O) groups excluding carboxylic acids is 1. The van der Waals surface area contributed by atoms with Crippen LogP contribution in [0.3, 0.4) is 0 Å². The Morgan fingerprint density at radius 3 is 2.61 bits per heavy atom. The van der Waals surface area contributed by atoms with Crippen LogP contribution in [0.25, 0.3) is 22.3 Å². The Morgan fingerprint density at radius 2 is 1.89 bits per heavy atom. The highest BCUT2D eigenvalue weighted by Gasteiger charge is 2.17. The van der Waals surface area contributed by atoms with Crippen LogP contribution in [0, 0.1) is 13.8 Å². The van der Waals surface area contributed by atoms with Crippen molar-refractivity contribution in [2.45, 2.75) is 27.2 Å². The van der Waals surface area contributed by atoms with E-state index >= 15 is 0 Å². The number of rotatable bonds is 4. The van der Waals surface area contributed by atoms with Gasteiger partial charge in [-0.3, -0.25) is 14.8 Å². The molecule has 6 nitrogen and oxygen atoms in total. The van der Waals surface area contributed by atoms with E-state index in [2.05, 4.69) is 51.6 Å². The average molecular weight is 392 g/mol. The minimum absolute atomic E-state index is 0.211. The van der Waals surface area contributed by atoms with Gasteiger partial charge in [0.1, 0.15) is 0 Å². The second kappa shape index (κ2) is 7.16. The van der Waals surface area contributed by atoms with Gasteiger partial charge in [0.25, 0.3) is 5.91 Å². The molecule has 0 fully saturated rings. The number of anilines is 1. The number of nitrogens with zero attached hydrogens (tertiary/aromatic N) is 4. The number of amides is 1. The van der Waals surface area contributed by atoms with E-state index in [0.717, 1.165) is 34.4 Å². The van der Waals surface area contributed by atoms with Gasteiger partial charge in [-0.2, -0.15) is 5.10 Å². The summed E-state index contributed by atoms with van der Waals surface area (Å²) in [6, 6.07) is 10.2. The van der Waals surface area contributed by atoms with Crippen molar-refractivity contribution < 1.29 is 4.79 Å². The predicted molar refractivity (Wildman–Crippen MR) is 113 cm³/mol. The lowest BCUT2D eigenvalue weighted by Gasteiger charge is -2.06. The molecule has 0 spiro atoms. The van der Waals surface area contributed by atoms with Gasteiger partial charge in [-0.05, 0) is 31.9 Å². The van der Waals surface area contributed by atoms with Gasteiger partial charge in [-0.25, -0.2) is 9.97 Å². The van der Waals surface area contributed by atoms with Crippen LogP contribution in [-0.4, -0.2) is 25.7 Å². The first-order valence-corrected chi connectivity index (χ1v) is 10.0. The average Bonchev–Trinajstić information content (AvgIpc) is 3.26. The monoisotopic (exact) mass is 391 g/mol. The zero-order chi connectivity index (χ0) is 19.8. The highest BCUT2D eigenvalue weighted by atomic mass is 32.1. The molecule has 28 heavy (non-hydrogen) atoms. The summed E-state index contributed by atoms with van der Waals surface area (Å²) in [5.41, 5.74) is 6.02. The van der Waals surface area contributed by atoms with E-state index in [-0.39, 0.29) is 5.91 Å². The van der Waals surface area contributed by atoms with Crippen LogP contribution in [0.15, 0.2) is 35.7 Å². The molecule has 0 bridgehead atoms. The fourth-order valence-electron chi connectivity index (χ4n) is 3.20. The predicted octanol–water partition coefficient (Wildman–Crippen LogP) is 4.52. The minimum Gasteiger partial charge on any atom is -0.298 e. The van der Waals surface area contributed by atoms with Crippen LogP contribution in [0.5, 0.6) is 0 Å². The van der Waals surface area contributed by atoms with Crippen LogP contribution in [0.2, 0.25) is 0 Å². The first kappa shape index (κ1) is 18.3. The fourth-order valence-corrected chi connectivity index (χ4v) is 3.92. The number of benzene rings is 1. The van der Waals surface area contributed by atoms with Crippen molar-refractivity contribution in [1.29, 1.82) is 0 Å². The number of hydrogen-bond acceptors (Lipinski definition) is 5. The molecule has 0 unspecified atom stereocenters. The van der Waals surface area contributed by atoms with Crippen molar-refractivity contribution >= 4 is 33.4 Å². The number of thiazole rings is 1. The topological polar surface area (TPSA) is 72.7 Å². The number of aryl methyl sites for hydroxylation is 4. The molecule has 142 valence electrons. The van der Waals surface area contributed by atoms with Crippen LogP contribution in [0.4, 0.5) is 5.13 Å². The van der Waals surface area contributed by atoms with Crippen molar-refractivity contribution in [2.24, 2.45) is 7.05 Å². The second-order valence-corrected chi connectivity index (χ2v) is 7.60. The molecule has 0 aliphatic rings. The van der Waals surface area contributed by atoms with E-state index in [0.29, 0.717) is 16.4 Å². The molecule has 0 radical (unpaired) electrons. The molecule has 0 saturated carbocycles. The molecular weight excluding hydrogens is 370 g/mol. The summed E-state index contributed by atoms with van der Waals surface area (Å²) in [5.74, 6) is -0.211. The zero-order valence-electron chi connectivity index (χ0n) is 16.3. The van der Waals surface area contributed by atoms with Crippen LogP contribution in [-0.2, 0) is 13.5 Å². The Hall–Kier alpha value is -3.06. The number of fused-ring (bicyclic) bond motifs is 1. The van der Waals surface area contributed by atoms with Crippen molar-refractivity contribution in [2.75, 3.05) is 5.32 Å². The number of hydrogen-bond donors (Lipinski definition) is 1. The number of carbonyl (C=O) groups is 1. The van der Waals surface area contributed by atoms with E-state index in [4.69, 9.17) is 0 Å². The van der Waals surface area contributed by atoms with Crippen molar-refractivity contribution in [3.63, 3.8) is 0 Å². The molecule has 0 saturated heterocycles. The smallest absolute Gasteiger partial charge is 0.259 e. The summed E-state index contributed by atoms with van der Waals surface area (Å²) in [6.07, 6.45) is 1.01.